The third-order valence-corrected chi connectivity index (χ3v) is 16.4. The summed E-state index contributed by atoms with van der Waals surface area (Å²) in [7, 11) is 0. The van der Waals surface area contributed by atoms with Crippen LogP contribution in [0.25, 0.3) is 22.3 Å². The third-order valence-electron chi connectivity index (χ3n) is 16.4. The lowest BCUT2D eigenvalue weighted by Gasteiger charge is -2.29. The fourth-order valence-electron chi connectivity index (χ4n) is 11.6. The van der Waals surface area contributed by atoms with Gasteiger partial charge in [0.2, 0.25) is 0 Å². The van der Waals surface area contributed by atoms with Crippen LogP contribution in [0, 0.1) is 11.8 Å². The number of hydrogen-bond donors (Lipinski definition) is 0. The fourth-order valence-corrected chi connectivity index (χ4v) is 11.6. The summed E-state index contributed by atoms with van der Waals surface area (Å²) in [5, 5.41) is 0. The van der Waals surface area contributed by atoms with Gasteiger partial charge in [0.15, 0.2) is 0 Å². The van der Waals surface area contributed by atoms with Crippen molar-refractivity contribution in [3.63, 3.8) is 0 Å². The van der Waals surface area contributed by atoms with E-state index in [0.717, 1.165) is 101 Å². The molecule has 418 valence electrons. The first-order chi connectivity index (χ1) is 38.3. The standard InChI is InChI=1S/C70H90O8/c1-5-69(71)77-49-15-9-7-13-47-75-65-43-39-63(40-44-65)61-35-31-59(32-36-61)57-27-23-55(24-28-57)19-17-51-73-53(3)67-21-11-12-22-68(67)54(4)74-52-18-20-56-25-29-58(30-26-56)60-33-37-62(38-34-60)64-41-45-66(46-42-64)76-48-14-8-10-16-50-78-70(72)6-2/h5-6,11-12,21-22,31-46,53-58H,1-2,7-10,13-20,23-30,47-52H2,3-4H3/t53?,54?,55-,56-,57-,58-. The maximum atomic E-state index is 11.1. The van der Waals surface area contributed by atoms with Crippen LogP contribution < -0.4 is 9.47 Å². The number of benzene rings is 5. The second-order valence-electron chi connectivity index (χ2n) is 21.9. The van der Waals surface area contributed by atoms with Crippen molar-refractivity contribution in [2.45, 2.75) is 166 Å². The molecule has 2 unspecified atom stereocenters. The van der Waals surface area contributed by atoms with E-state index >= 15 is 0 Å². The number of hydrogen-bond acceptors (Lipinski definition) is 8. The molecule has 7 rings (SSSR count). The first kappa shape index (κ1) is 59.7. The molecule has 78 heavy (non-hydrogen) atoms. The quantitative estimate of drug-likeness (QED) is 0.0229. The number of esters is 2. The predicted molar refractivity (Wildman–Crippen MR) is 317 cm³/mol. The lowest BCUT2D eigenvalue weighted by Crippen LogP contribution is -2.15. The average molecular weight is 1060 g/mol. The molecule has 0 heterocycles. The van der Waals surface area contributed by atoms with E-state index in [-0.39, 0.29) is 24.1 Å². The molecule has 0 aromatic heterocycles. The second-order valence-corrected chi connectivity index (χ2v) is 21.9. The third kappa shape index (κ3) is 20.0. The van der Waals surface area contributed by atoms with Gasteiger partial charge in [-0.3, -0.25) is 0 Å². The molecule has 2 atom stereocenters. The largest absolute Gasteiger partial charge is 0.494 e. The van der Waals surface area contributed by atoms with Crippen molar-refractivity contribution in [1.82, 2.24) is 0 Å². The molecule has 8 nitrogen and oxygen atoms in total. The molecule has 2 aliphatic rings. The summed E-state index contributed by atoms with van der Waals surface area (Å²) in [5.41, 5.74) is 10.3. The van der Waals surface area contributed by atoms with Crippen LogP contribution in [0.4, 0.5) is 0 Å². The Morgan fingerprint density at radius 1 is 0.423 bits per heavy atom. The van der Waals surface area contributed by atoms with E-state index in [4.69, 9.17) is 28.4 Å². The maximum Gasteiger partial charge on any atom is 0.330 e. The predicted octanol–water partition coefficient (Wildman–Crippen LogP) is 18.0. The average Bonchev–Trinajstić information content (AvgIpc) is 3.52. The molecular weight excluding hydrogens is 969 g/mol. The Labute approximate surface area is 468 Å². The minimum atomic E-state index is -0.354. The minimum absolute atomic E-state index is 0.0353. The van der Waals surface area contributed by atoms with E-state index in [1.54, 1.807) is 0 Å². The number of carbonyl (C=O) groups excluding carboxylic acids is 2. The van der Waals surface area contributed by atoms with Gasteiger partial charge in [0.1, 0.15) is 11.5 Å². The van der Waals surface area contributed by atoms with Gasteiger partial charge in [0.05, 0.1) is 38.6 Å². The highest BCUT2D eigenvalue weighted by atomic mass is 16.5. The van der Waals surface area contributed by atoms with Crippen LogP contribution in [0.2, 0.25) is 0 Å². The SMILES string of the molecule is C=CC(=O)OCCCCCCOc1ccc(-c2ccc([C@H]3CC[C@H](CCCOC(C)c4ccccc4C(C)OCCC[C@H]4CC[C@H](c5ccc(-c6ccc(OCCCCCCOC(=O)C=C)cc6)cc5)CC4)CC3)cc2)cc1. The van der Waals surface area contributed by atoms with Crippen molar-refractivity contribution in [3.8, 4) is 33.8 Å². The number of rotatable bonds is 34. The van der Waals surface area contributed by atoms with Gasteiger partial charge in [-0.1, -0.05) is 110 Å². The number of unbranched alkanes of at least 4 members (excludes halogenated alkanes) is 6. The van der Waals surface area contributed by atoms with Gasteiger partial charge in [-0.15, -0.1) is 0 Å². The molecule has 0 amide bonds. The van der Waals surface area contributed by atoms with Crippen LogP contribution in [0.5, 0.6) is 11.5 Å². The molecule has 5 aromatic rings. The summed E-state index contributed by atoms with van der Waals surface area (Å²) in [6, 6.07) is 44.1. The maximum absolute atomic E-state index is 11.1. The molecule has 0 saturated heterocycles. The molecule has 2 saturated carbocycles. The van der Waals surface area contributed by atoms with Gasteiger partial charge in [0.25, 0.3) is 0 Å². The van der Waals surface area contributed by atoms with Crippen LogP contribution >= 0.6 is 0 Å². The van der Waals surface area contributed by atoms with Crippen LogP contribution in [-0.4, -0.2) is 51.6 Å². The van der Waals surface area contributed by atoms with E-state index in [1.807, 2.05) is 0 Å². The van der Waals surface area contributed by atoms with Crippen LogP contribution in [0.15, 0.2) is 147 Å². The zero-order valence-electron chi connectivity index (χ0n) is 47.2. The Hall–Kier alpha value is -5.96. The van der Waals surface area contributed by atoms with E-state index < -0.39 is 0 Å². The monoisotopic (exact) mass is 1060 g/mol. The van der Waals surface area contributed by atoms with E-state index in [2.05, 4.69) is 148 Å². The molecular formula is C70H90O8. The molecule has 8 heteroatoms. The summed E-state index contributed by atoms with van der Waals surface area (Å²) in [4.78, 5) is 22.3. The molecule has 2 aliphatic carbocycles. The van der Waals surface area contributed by atoms with Crippen molar-refractivity contribution in [2.75, 3.05) is 39.6 Å². The van der Waals surface area contributed by atoms with Gasteiger partial charge in [0, 0.05) is 25.4 Å². The highest BCUT2D eigenvalue weighted by Gasteiger charge is 2.24. The summed E-state index contributed by atoms with van der Waals surface area (Å²) in [6.07, 6.45) is 25.2. The van der Waals surface area contributed by atoms with Gasteiger partial charge >= 0.3 is 11.9 Å². The first-order valence-electron chi connectivity index (χ1n) is 29.8. The molecule has 0 bridgehead atoms. The van der Waals surface area contributed by atoms with Crippen LogP contribution in [0.3, 0.4) is 0 Å². The van der Waals surface area contributed by atoms with Crippen molar-refractivity contribution in [3.05, 3.63) is 169 Å². The van der Waals surface area contributed by atoms with Gasteiger partial charge < -0.3 is 28.4 Å². The van der Waals surface area contributed by atoms with Crippen molar-refractivity contribution < 1.29 is 38.0 Å². The van der Waals surface area contributed by atoms with Gasteiger partial charge in [-0.05, 0) is 235 Å². The Balaban J connectivity index is 0.716. The molecule has 2 fully saturated rings. The molecule has 0 aliphatic heterocycles. The Morgan fingerprint density at radius 3 is 1.10 bits per heavy atom. The second kappa shape index (κ2) is 33.5. The highest BCUT2D eigenvalue weighted by Crippen LogP contribution is 2.40. The van der Waals surface area contributed by atoms with Gasteiger partial charge in [-0.2, -0.15) is 0 Å². The van der Waals surface area contributed by atoms with E-state index in [0.29, 0.717) is 38.3 Å². The smallest absolute Gasteiger partial charge is 0.330 e. The minimum Gasteiger partial charge on any atom is -0.494 e. The lowest BCUT2D eigenvalue weighted by molar-refractivity contribution is -0.138. The van der Waals surface area contributed by atoms with E-state index in [1.165, 1.54) is 121 Å². The summed E-state index contributed by atoms with van der Waals surface area (Å²) < 4.78 is 35.1. The summed E-state index contributed by atoms with van der Waals surface area (Å²) >= 11 is 0. The normalized spacial score (nSPS) is 18.1. The van der Waals surface area contributed by atoms with E-state index in [9.17, 15) is 9.59 Å². The topological polar surface area (TPSA) is 89.5 Å². The molecule has 0 spiro atoms. The Morgan fingerprint density at radius 2 is 0.756 bits per heavy atom. The number of ether oxygens (including phenoxy) is 6. The Bertz CT molecular complexity index is 2320. The lowest BCUT2D eigenvalue weighted by atomic mass is 9.77. The fraction of sp³-hybridized carbons (Fsp3) is 0.486. The zero-order chi connectivity index (χ0) is 54.6. The zero-order valence-corrected chi connectivity index (χ0v) is 47.2. The van der Waals surface area contributed by atoms with Crippen molar-refractivity contribution >= 4 is 11.9 Å². The van der Waals surface area contributed by atoms with Crippen LogP contribution in [-0.2, 0) is 28.5 Å². The summed E-state index contributed by atoms with van der Waals surface area (Å²) in [6.45, 7) is 15.1. The van der Waals surface area contributed by atoms with Crippen molar-refractivity contribution in [1.29, 1.82) is 0 Å². The molecule has 0 N–H and O–H groups in total. The van der Waals surface area contributed by atoms with Crippen molar-refractivity contribution in [2.24, 2.45) is 11.8 Å². The first-order valence-corrected chi connectivity index (χ1v) is 29.8. The molecule has 5 aromatic carbocycles. The number of carbonyl (C=O) groups is 2. The Kier molecular flexibility index (Phi) is 25.6. The molecule has 0 radical (unpaired) electrons. The highest BCUT2D eigenvalue weighted by molar-refractivity contribution is 5.81. The van der Waals surface area contributed by atoms with Crippen LogP contribution in [0.1, 0.15) is 189 Å². The van der Waals surface area contributed by atoms with Gasteiger partial charge in [-0.25, -0.2) is 9.59 Å². The summed E-state index contributed by atoms with van der Waals surface area (Å²) in [5.74, 6) is 3.94.